The molecule has 0 saturated carbocycles. The summed E-state index contributed by atoms with van der Waals surface area (Å²) in [5, 5.41) is 21.4. The number of pyridine rings is 1. The normalized spacial score (nSPS) is 18.1. The van der Waals surface area contributed by atoms with Gasteiger partial charge in [-0.1, -0.05) is 0 Å². The molecule has 0 spiro atoms. The Bertz CT molecular complexity index is 731. The van der Waals surface area contributed by atoms with Crippen molar-refractivity contribution in [1.82, 2.24) is 4.98 Å². The van der Waals surface area contributed by atoms with E-state index in [1.165, 1.54) is 12.1 Å². The Kier molecular flexibility index (Phi) is 3.17. The minimum absolute atomic E-state index is 0.0319. The van der Waals surface area contributed by atoms with Gasteiger partial charge < -0.3 is 10.0 Å². The second-order valence-electron chi connectivity index (χ2n) is 5.07. The third-order valence-electron chi connectivity index (χ3n) is 3.77. The van der Waals surface area contributed by atoms with E-state index in [2.05, 4.69) is 4.98 Å². The molecule has 3 rings (SSSR count). The molecule has 7 heteroatoms. The van der Waals surface area contributed by atoms with Crippen LogP contribution in [0.4, 0.5) is 11.5 Å². The van der Waals surface area contributed by atoms with Crippen LogP contribution >= 0.6 is 0 Å². The highest BCUT2D eigenvalue weighted by atomic mass is 16.6. The summed E-state index contributed by atoms with van der Waals surface area (Å²) in [6.45, 7) is 1.04. The third-order valence-corrected chi connectivity index (χ3v) is 3.77. The highest BCUT2D eigenvalue weighted by molar-refractivity contribution is 5.93. The molecule has 0 amide bonds. The van der Waals surface area contributed by atoms with Crippen molar-refractivity contribution in [2.45, 2.75) is 6.42 Å². The largest absolute Gasteiger partial charge is 0.481 e. The first kappa shape index (κ1) is 13.3. The molecule has 1 aromatic heterocycles. The Morgan fingerprint density at radius 1 is 1.43 bits per heavy atom. The van der Waals surface area contributed by atoms with Crippen LogP contribution in [-0.2, 0) is 4.79 Å². The summed E-state index contributed by atoms with van der Waals surface area (Å²) >= 11 is 0. The fourth-order valence-electron chi connectivity index (χ4n) is 2.67. The lowest BCUT2D eigenvalue weighted by Crippen LogP contribution is -2.23. The topological polar surface area (TPSA) is 96.6 Å². The van der Waals surface area contributed by atoms with Crippen LogP contribution in [-0.4, -0.2) is 34.1 Å². The molecule has 7 nitrogen and oxygen atoms in total. The third kappa shape index (κ3) is 2.37. The van der Waals surface area contributed by atoms with Crippen LogP contribution in [0.25, 0.3) is 10.8 Å². The summed E-state index contributed by atoms with van der Waals surface area (Å²) in [6.07, 6.45) is 2.18. The molecule has 0 radical (unpaired) electrons. The van der Waals surface area contributed by atoms with Crippen LogP contribution in [0.5, 0.6) is 0 Å². The molecule has 21 heavy (non-hydrogen) atoms. The number of fused-ring (bicyclic) bond motifs is 1. The summed E-state index contributed by atoms with van der Waals surface area (Å²) in [6, 6.07) is 6.34. The van der Waals surface area contributed by atoms with E-state index in [0.29, 0.717) is 25.3 Å². The predicted molar refractivity (Wildman–Crippen MR) is 76.4 cm³/mol. The van der Waals surface area contributed by atoms with Crippen molar-refractivity contribution >= 4 is 28.2 Å². The van der Waals surface area contributed by atoms with E-state index in [4.69, 9.17) is 5.11 Å². The molecular weight excluding hydrogens is 274 g/mol. The zero-order valence-electron chi connectivity index (χ0n) is 11.1. The lowest BCUT2D eigenvalue weighted by atomic mass is 10.1. The van der Waals surface area contributed by atoms with Crippen LogP contribution < -0.4 is 4.90 Å². The number of benzene rings is 1. The quantitative estimate of drug-likeness (QED) is 0.685. The first-order valence-electron chi connectivity index (χ1n) is 6.57. The monoisotopic (exact) mass is 287 g/mol. The van der Waals surface area contributed by atoms with Gasteiger partial charge in [-0.25, -0.2) is 4.98 Å². The van der Waals surface area contributed by atoms with E-state index in [1.807, 2.05) is 4.90 Å². The second kappa shape index (κ2) is 5.01. The van der Waals surface area contributed by atoms with E-state index in [0.717, 1.165) is 10.8 Å². The van der Waals surface area contributed by atoms with Gasteiger partial charge in [-0.2, -0.15) is 0 Å². The fourth-order valence-corrected chi connectivity index (χ4v) is 2.67. The van der Waals surface area contributed by atoms with Crippen molar-refractivity contribution in [3.63, 3.8) is 0 Å². The number of hydrogen-bond acceptors (Lipinski definition) is 5. The molecule has 1 N–H and O–H groups in total. The molecule has 1 aliphatic heterocycles. The number of nitro groups is 1. The summed E-state index contributed by atoms with van der Waals surface area (Å²) in [4.78, 5) is 27.7. The van der Waals surface area contributed by atoms with Gasteiger partial charge in [-0.3, -0.25) is 14.9 Å². The van der Waals surface area contributed by atoms with Gasteiger partial charge in [0.1, 0.15) is 5.82 Å². The molecule has 2 aromatic rings. The maximum Gasteiger partial charge on any atom is 0.308 e. The number of rotatable bonds is 3. The number of carbonyl (C=O) groups is 1. The summed E-state index contributed by atoms with van der Waals surface area (Å²) in [7, 11) is 0. The molecule has 1 aliphatic rings. The van der Waals surface area contributed by atoms with Crippen LogP contribution in [0.2, 0.25) is 0 Å². The summed E-state index contributed by atoms with van der Waals surface area (Å²) in [5.41, 5.74) is 0.0319. The van der Waals surface area contributed by atoms with Gasteiger partial charge in [0.25, 0.3) is 5.69 Å². The van der Waals surface area contributed by atoms with Crippen LogP contribution in [0.3, 0.4) is 0 Å². The Hall–Kier alpha value is -2.70. The van der Waals surface area contributed by atoms with E-state index >= 15 is 0 Å². The maximum atomic E-state index is 11.0. The highest BCUT2D eigenvalue weighted by Gasteiger charge is 2.29. The number of hydrogen-bond donors (Lipinski definition) is 1. The zero-order valence-corrected chi connectivity index (χ0v) is 11.1. The zero-order chi connectivity index (χ0) is 15.0. The Morgan fingerprint density at radius 3 is 2.90 bits per heavy atom. The van der Waals surface area contributed by atoms with Crippen LogP contribution in [0, 0.1) is 16.0 Å². The van der Waals surface area contributed by atoms with E-state index in [9.17, 15) is 14.9 Å². The smallest absolute Gasteiger partial charge is 0.308 e. The molecule has 2 heterocycles. The number of aliphatic carboxylic acids is 1. The van der Waals surface area contributed by atoms with E-state index in [-0.39, 0.29) is 11.6 Å². The number of non-ortho nitro benzene ring substituents is 1. The van der Waals surface area contributed by atoms with Crippen molar-refractivity contribution in [1.29, 1.82) is 0 Å². The molecule has 1 fully saturated rings. The van der Waals surface area contributed by atoms with Crippen molar-refractivity contribution < 1.29 is 14.8 Å². The minimum Gasteiger partial charge on any atom is -0.481 e. The number of aromatic nitrogens is 1. The lowest BCUT2D eigenvalue weighted by molar-refractivity contribution is -0.384. The molecule has 0 aliphatic carbocycles. The SMILES string of the molecule is O=C(O)C1CCN(c2nccc3cc([N+](=O)[O-])ccc23)C1. The van der Waals surface area contributed by atoms with Crippen molar-refractivity contribution in [2.75, 3.05) is 18.0 Å². The lowest BCUT2D eigenvalue weighted by Gasteiger charge is -2.18. The molecule has 1 atom stereocenters. The first-order valence-corrected chi connectivity index (χ1v) is 6.57. The van der Waals surface area contributed by atoms with Crippen LogP contribution in [0.15, 0.2) is 30.5 Å². The highest BCUT2D eigenvalue weighted by Crippen LogP contribution is 2.30. The van der Waals surface area contributed by atoms with Gasteiger partial charge >= 0.3 is 5.97 Å². The van der Waals surface area contributed by atoms with Gasteiger partial charge in [-0.05, 0) is 23.9 Å². The Balaban J connectivity index is 2.00. The minimum atomic E-state index is -0.798. The molecule has 1 unspecified atom stereocenters. The standard InChI is InChI=1S/C14H13N3O4/c18-14(19)10-4-6-16(8-10)13-12-2-1-11(17(20)21)7-9(12)3-5-15-13/h1-3,5,7,10H,4,6,8H2,(H,18,19). The van der Waals surface area contributed by atoms with Gasteiger partial charge in [-0.15, -0.1) is 0 Å². The number of carboxylic acids is 1. The first-order chi connectivity index (χ1) is 10.1. The van der Waals surface area contributed by atoms with Crippen LogP contribution in [0.1, 0.15) is 6.42 Å². The second-order valence-corrected chi connectivity index (χ2v) is 5.07. The van der Waals surface area contributed by atoms with Crippen molar-refractivity contribution in [2.24, 2.45) is 5.92 Å². The Labute approximate surface area is 120 Å². The molecule has 1 saturated heterocycles. The summed E-state index contributed by atoms with van der Waals surface area (Å²) < 4.78 is 0. The number of anilines is 1. The van der Waals surface area contributed by atoms with E-state index < -0.39 is 10.9 Å². The average Bonchev–Trinajstić information content (AvgIpc) is 2.95. The van der Waals surface area contributed by atoms with Gasteiger partial charge in [0.15, 0.2) is 0 Å². The number of nitro benzene ring substituents is 1. The van der Waals surface area contributed by atoms with Crippen molar-refractivity contribution in [3.8, 4) is 0 Å². The molecular formula is C14H13N3O4. The van der Waals surface area contributed by atoms with Crippen molar-refractivity contribution in [3.05, 3.63) is 40.6 Å². The van der Waals surface area contributed by atoms with E-state index in [1.54, 1.807) is 18.3 Å². The fraction of sp³-hybridized carbons (Fsp3) is 0.286. The van der Waals surface area contributed by atoms with Gasteiger partial charge in [0.05, 0.1) is 10.8 Å². The number of nitrogens with zero attached hydrogens (tertiary/aromatic N) is 3. The molecule has 108 valence electrons. The molecule has 0 bridgehead atoms. The average molecular weight is 287 g/mol. The predicted octanol–water partition coefficient (Wildman–Crippen LogP) is 2.05. The van der Waals surface area contributed by atoms with Gasteiger partial charge in [0.2, 0.25) is 0 Å². The maximum absolute atomic E-state index is 11.0. The Morgan fingerprint density at radius 2 is 2.24 bits per heavy atom. The van der Waals surface area contributed by atoms with Gasteiger partial charge in [0, 0.05) is 36.8 Å². The number of carboxylic acid groups (broad SMARTS) is 1. The summed E-state index contributed by atoms with van der Waals surface area (Å²) in [5.74, 6) is -0.500. The molecule has 1 aromatic carbocycles.